The van der Waals surface area contributed by atoms with Gasteiger partial charge in [0.1, 0.15) is 11.0 Å². The molecule has 33 heavy (non-hydrogen) atoms. The molecule has 10 heteroatoms. The van der Waals surface area contributed by atoms with Crippen LogP contribution in [0.15, 0.2) is 11.2 Å². The molecule has 8 nitrogen and oxygen atoms in total. The normalized spacial score (nSPS) is 24.2. The Balaban J connectivity index is 1.60. The van der Waals surface area contributed by atoms with E-state index in [0.717, 1.165) is 5.82 Å². The molecular weight excluding hydrogens is 462 g/mol. The highest BCUT2D eigenvalue weighted by Crippen LogP contribution is 2.26. The molecule has 0 saturated carbocycles. The highest BCUT2D eigenvalue weighted by Gasteiger charge is 2.31. The molecule has 2 aliphatic rings. The maximum Gasteiger partial charge on any atom is 0.233 e. The number of halogens is 1. The van der Waals surface area contributed by atoms with E-state index in [9.17, 15) is 9.59 Å². The molecule has 0 aromatic carbocycles. The minimum absolute atomic E-state index is 0.0328. The molecule has 0 bridgehead atoms. The Morgan fingerprint density at radius 3 is 2.36 bits per heavy atom. The van der Waals surface area contributed by atoms with Gasteiger partial charge in [-0.2, -0.15) is 0 Å². The number of hydrogen-bond acceptors (Lipinski definition) is 7. The number of morpholine rings is 1. The summed E-state index contributed by atoms with van der Waals surface area (Å²) in [4.78, 5) is 40.3. The highest BCUT2D eigenvalue weighted by molar-refractivity contribution is 7.99. The van der Waals surface area contributed by atoms with Crippen LogP contribution in [0.5, 0.6) is 0 Å². The summed E-state index contributed by atoms with van der Waals surface area (Å²) in [6.45, 7) is 15.5. The predicted octanol–water partition coefficient (Wildman–Crippen LogP) is 3.33. The van der Waals surface area contributed by atoms with Crippen molar-refractivity contribution < 1.29 is 14.3 Å². The van der Waals surface area contributed by atoms with Gasteiger partial charge in [-0.1, -0.05) is 44.1 Å². The maximum absolute atomic E-state index is 12.7. The van der Waals surface area contributed by atoms with Crippen LogP contribution in [0.3, 0.4) is 0 Å². The molecule has 1 aromatic heterocycles. The van der Waals surface area contributed by atoms with Crippen molar-refractivity contribution in [2.45, 2.75) is 71.4 Å². The predicted molar refractivity (Wildman–Crippen MR) is 132 cm³/mol. The lowest BCUT2D eigenvalue weighted by molar-refractivity contribution is -0.140. The fourth-order valence-electron chi connectivity index (χ4n) is 4.30. The molecule has 1 aromatic rings. The van der Waals surface area contributed by atoms with E-state index in [1.165, 1.54) is 11.8 Å². The summed E-state index contributed by atoms with van der Waals surface area (Å²) in [6, 6.07) is 1.82. The summed E-state index contributed by atoms with van der Waals surface area (Å²) in [5.41, 5.74) is -0.0328. The van der Waals surface area contributed by atoms with Crippen LogP contribution in [0.1, 0.15) is 48.0 Å². The third-order valence-electron chi connectivity index (χ3n) is 5.71. The van der Waals surface area contributed by atoms with Crippen LogP contribution in [0.2, 0.25) is 5.15 Å². The first-order chi connectivity index (χ1) is 15.4. The number of rotatable bonds is 5. The van der Waals surface area contributed by atoms with Crippen molar-refractivity contribution in [3.8, 4) is 0 Å². The van der Waals surface area contributed by atoms with Crippen molar-refractivity contribution in [2.75, 3.05) is 43.4 Å². The van der Waals surface area contributed by atoms with E-state index in [4.69, 9.17) is 16.3 Å². The number of thioether (sulfide) groups is 1. The fourth-order valence-corrected chi connectivity index (χ4v) is 5.29. The largest absolute Gasteiger partial charge is 0.372 e. The van der Waals surface area contributed by atoms with Gasteiger partial charge in [-0.3, -0.25) is 9.59 Å². The third-order valence-corrected chi connectivity index (χ3v) is 6.74. The molecule has 2 saturated heterocycles. The van der Waals surface area contributed by atoms with Crippen molar-refractivity contribution in [1.82, 2.24) is 19.8 Å². The van der Waals surface area contributed by atoms with Crippen molar-refractivity contribution in [3.05, 3.63) is 11.2 Å². The van der Waals surface area contributed by atoms with Gasteiger partial charge in [-0.15, -0.1) is 0 Å². The summed E-state index contributed by atoms with van der Waals surface area (Å²) in [6.07, 6.45) is 0.604. The second kappa shape index (κ2) is 10.8. The van der Waals surface area contributed by atoms with Crippen LogP contribution in [-0.2, 0) is 14.3 Å². The number of amides is 2. The average molecular weight is 498 g/mol. The van der Waals surface area contributed by atoms with Gasteiger partial charge >= 0.3 is 0 Å². The second-order valence-electron chi connectivity index (χ2n) is 10.3. The Morgan fingerprint density at radius 2 is 1.76 bits per heavy atom. The minimum Gasteiger partial charge on any atom is -0.372 e. The molecule has 3 rings (SSSR count). The molecular formula is C23H36ClN5O3S. The number of carbonyl (C=O) groups is 2. The third kappa shape index (κ3) is 7.45. The molecule has 3 unspecified atom stereocenters. The van der Waals surface area contributed by atoms with Gasteiger partial charge in [0.2, 0.25) is 11.8 Å². The lowest BCUT2D eigenvalue weighted by atomic mass is 9.91. The Kier molecular flexibility index (Phi) is 8.50. The zero-order chi connectivity index (χ0) is 24.3. The van der Waals surface area contributed by atoms with E-state index in [0.29, 0.717) is 49.5 Å². The molecule has 3 atom stereocenters. The number of nitrogens with zero attached hydrogens (tertiary/aromatic N) is 5. The topological polar surface area (TPSA) is 78.9 Å². The Bertz CT molecular complexity index is 855. The average Bonchev–Trinajstić information content (AvgIpc) is 2.69. The Morgan fingerprint density at radius 1 is 1.09 bits per heavy atom. The van der Waals surface area contributed by atoms with Crippen LogP contribution < -0.4 is 4.90 Å². The first-order valence-corrected chi connectivity index (χ1v) is 12.9. The number of ether oxygens (including phenoxy) is 1. The number of carbonyl (C=O) groups excluding carboxylic acids is 2. The van der Waals surface area contributed by atoms with E-state index in [1.54, 1.807) is 6.07 Å². The number of anilines is 1. The smallest absolute Gasteiger partial charge is 0.233 e. The number of aromatic nitrogens is 2. The summed E-state index contributed by atoms with van der Waals surface area (Å²) >= 11 is 7.59. The molecule has 0 spiro atoms. The van der Waals surface area contributed by atoms with E-state index in [1.807, 2.05) is 23.6 Å². The molecule has 184 valence electrons. The van der Waals surface area contributed by atoms with E-state index in [2.05, 4.69) is 42.6 Å². The van der Waals surface area contributed by atoms with E-state index < -0.39 is 0 Å². The van der Waals surface area contributed by atoms with Gasteiger partial charge in [-0.25, -0.2) is 9.97 Å². The van der Waals surface area contributed by atoms with Gasteiger partial charge in [0.05, 0.1) is 18.0 Å². The number of piperazine rings is 1. The maximum atomic E-state index is 12.7. The van der Waals surface area contributed by atoms with Crippen LogP contribution in [0, 0.1) is 5.41 Å². The van der Waals surface area contributed by atoms with E-state index >= 15 is 0 Å². The Hall–Kier alpha value is -1.58. The molecule has 2 aliphatic heterocycles. The molecule has 2 amide bonds. The summed E-state index contributed by atoms with van der Waals surface area (Å²) in [5.74, 6) is 1.22. The first kappa shape index (κ1) is 26.0. The Labute approximate surface area is 206 Å². The van der Waals surface area contributed by atoms with Gasteiger partial charge in [-0.05, 0) is 26.2 Å². The summed E-state index contributed by atoms with van der Waals surface area (Å²) in [5, 5.41) is 0.835. The van der Waals surface area contributed by atoms with Crippen molar-refractivity contribution >= 4 is 41.0 Å². The standard InChI is InChI=1S/C23H36ClN5O3S/c1-15-11-27(7-8-29(15)20(30)10-23(4,5)6)19-9-18(24)25-22(26-19)33-14-21(31)28-12-16(2)32-17(3)13-28/h9,15-17H,7-8,10-14H2,1-6H3. The summed E-state index contributed by atoms with van der Waals surface area (Å²) < 4.78 is 5.71. The van der Waals surface area contributed by atoms with Gasteiger partial charge in [0.15, 0.2) is 5.16 Å². The SMILES string of the molecule is CC1CN(C(=O)CSc2nc(Cl)cc(N3CCN(C(=O)CC(C)(C)C)C(C)C3)n2)CC(C)O1. The van der Waals surface area contributed by atoms with Crippen molar-refractivity contribution in [1.29, 1.82) is 0 Å². The fraction of sp³-hybridized carbons (Fsp3) is 0.739. The molecule has 0 N–H and O–H groups in total. The molecule has 0 radical (unpaired) electrons. The van der Waals surface area contributed by atoms with Crippen LogP contribution >= 0.6 is 23.4 Å². The first-order valence-electron chi connectivity index (χ1n) is 11.6. The van der Waals surface area contributed by atoms with Crippen molar-refractivity contribution in [2.24, 2.45) is 5.41 Å². The lowest BCUT2D eigenvalue weighted by Crippen LogP contribution is -2.54. The zero-order valence-electron chi connectivity index (χ0n) is 20.5. The highest BCUT2D eigenvalue weighted by atomic mass is 35.5. The molecule has 0 aliphatic carbocycles. The van der Waals surface area contributed by atoms with Gasteiger partial charge < -0.3 is 19.4 Å². The van der Waals surface area contributed by atoms with Crippen LogP contribution in [0.4, 0.5) is 5.82 Å². The van der Waals surface area contributed by atoms with Crippen molar-refractivity contribution in [3.63, 3.8) is 0 Å². The minimum atomic E-state index is -0.0328. The molecule has 3 heterocycles. The van der Waals surface area contributed by atoms with Gasteiger partial charge in [0.25, 0.3) is 0 Å². The zero-order valence-corrected chi connectivity index (χ0v) is 22.1. The molecule has 2 fully saturated rings. The van der Waals surface area contributed by atoms with Gasteiger partial charge in [0, 0.05) is 51.3 Å². The summed E-state index contributed by atoms with van der Waals surface area (Å²) in [7, 11) is 0. The lowest BCUT2D eigenvalue weighted by Gasteiger charge is -2.41. The van der Waals surface area contributed by atoms with Crippen LogP contribution in [-0.4, -0.2) is 88.3 Å². The second-order valence-corrected chi connectivity index (χ2v) is 11.6. The van der Waals surface area contributed by atoms with E-state index in [-0.39, 0.29) is 41.2 Å². The number of hydrogen-bond donors (Lipinski definition) is 0. The van der Waals surface area contributed by atoms with Crippen LogP contribution in [0.25, 0.3) is 0 Å². The quantitative estimate of drug-likeness (QED) is 0.350. The monoisotopic (exact) mass is 497 g/mol.